The van der Waals surface area contributed by atoms with Gasteiger partial charge in [0.25, 0.3) is 5.91 Å². The quantitative estimate of drug-likeness (QED) is 0.766. The van der Waals surface area contributed by atoms with Crippen molar-refractivity contribution in [3.05, 3.63) is 77.5 Å². The van der Waals surface area contributed by atoms with Gasteiger partial charge in [0, 0.05) is 18.5 Å². The molecule has 26 heavy (non-hydrogen) atoms. The maximum Gasteiger partial charge on any atom is 0.270 e. The molecule has 1 aliphatic heterocycles. The summed E-state index contributed by atoms with van der Waals surface area (Å²) in [6.45, 7) is 3.94. The molecule has 3 aromatic rings. The molecular weight excluding hydrogens is 322 g/mol. The Kier molecular flexibility index (Phi) is 4.93. The zero-order valence-corrected chi connectivity index (χ0v) is 14.8. The number of carbonyl (C=O) groups is 1. The van der Waals surface area contributed by atoms with Gasteiger partial charge in [-0.25, -0.2) is 4.98 Å². The van der Waals surface area contributed by atoms with E-state index in [1.54, 1.807) is 6.07 Å². The Morgan fingerprint density at radius 3 is 2.46 bits per heavy atom. The molecule has 0 bridgehead atoms. The fourth-order valence-electron chi connectivity index (χ4n) is 3.43. The number of fused-ring (bicyclic) bond motifs is 1. The van der Waals surface area contributed by atoms with Crippen LogP contribution in [0.15, 0.2) is 60.7 Å². The van der Waals surface area contributed by atoms with Gasteiger partial charge in [0.05, 0.1) is 5.52 Å². The molecule has 1 saturated heterocycles. The standard InChI is InChI=1S/C22H23N3O/c26-22(21-12-11-19-5-1-2-6-20(19)24-21)23-15-17-7-9-18(10-8-17)16-25-13-3-4-14-25/h1-2,5-12H,3-4,13-16H2,(H,23,26). The first kappa shape index (κ1) is 16.7. The monoisotopic (exact) mass is 345 g/mol. The van der Waals surface area contributed by atoms with Crippen molar-refractivity contribution in [1.29, 1.82) is 0 Å². The summed E-state index contributed by atoms with van der Waals surface area (Å²) in [5.41, 5.74) is 3.73. The largest absolute Gasteiger partial charge is 0.347 e. The molecule has 0 aliphatic carbocycles. The number of amides is 1. The molecule has 0 spiro atoms. The lowest BCUT2D eigenvalue weighted by Gasteiger charge is -2.14. The van der Waals surface area contributed by atoms with Crippen molar-refractivity contribution in [3.8, 4) is 0 Å². The first-order chi connectivity index (χ1) is 12.8. The average molecular weight is 345 g/mol. The molecule has 4 heteroatoms. The molecule has 1 aliphatic rings. The summed E-state index contributed by atoms with van der Waals surface area (Å²) in [4.78, 5) is 19.3. The lowest BCUT2D eigenvalue weighted by molar-refractivity contribution is 0.0946. The molecule has 132 valence electrons. The van der Waals surface area contributed by atoms with Gasteiger partial charge in [0.2, 0.25) is 0 Å². The van der Waals surface area contributed by atoms with E-state index in [-0.39, 0.29) is 5.91 Å². The normalized spacial score (nSPS) is 14.6. The highest BCUT2D eigenvalue weighted by atomic mass is 16.1. The first-order valence-electron chi connectivity index (χ1n) is 9.22. The van der Waals surface area contributed by atoms with E-state index in [2.05, 4.69) is 39.5 Å². The van der Waals surface area contributed by atoms with Crippen LogP contribution in [-0.2, 0) is 13.1 Å². The highest BCUT2D eigenvalue weighted by molar-refractivity contribution is 5.94. The van der Waals surface area contributed by atoms with E-state index in [4.69, 9.17) is 0 Å². The van der Waals surface area contributed by atoms with Crippen LogP contribution in [0.4, 0.5) is 0 Å². The summed E-state index contributed by atoms with van der Waals surface area (Å²) in [5, 5.41) is 4.00. The summed E-state index contributed by atoms with van der Waals surface area (Å²) >= 11 is 0. The highest BCUT2D eigenvalue weighted by Gasteiger charge is 2.12. The minimum Gasteiger partial charge on any atom is -0.347 e. The molecular formula is C22H23N3O. The van der Waals surface area contributed by atoms with E-state index < -0.39 is 0 Å². The van der Waals surface area contributed by atoms with Crippen molar-refractivity contribution in [2.24, 2.45) is 0 Å². The molecule has 1 amide bonds. The second kappa shape index (κ2) is 7.67. The van der Waals surface area contributed by atoms with Gasteiger partial charge in [-0.15, -0.1) is 0 Å². The molecule has 0 saturated carbocycles. The van der Waals surface area contributed by atoms with Gasteiger partial charge in [-0.05, 0) is 49.2 Å². The highest BCUT2D eigenvalue weighted by Crippen LogP contribution is 2.14. The first-order valence-corrected chi connectivity index (χ1v) is 9.22. The third kappa shape index (κ3) is 3.92. The third-order valence-electron chi connectivity index (χ3n) is 4.91. The molecule has 0 radical (unpaired) electrons. The van der Waals surface area contributed by atoms with Crippen molar-refractivity contribution in [2.45, 2.75) is 25.9 Å². The fraction of sp³-hybridized carbons (Fsp3) is 0.273. The van der Waals surface area contributed by atoms with Gasteiger partial charge in [0.1, 0.15) is 5.69 Å². The predicted molar refractivity (Wildman–Crippen MR) is 104 cm³/mol. The van der Waals surface area contributed by atoms with Gasteiger partial charge in [0.15, 0.2) is 0 Å². The van der Waals surface area contributed by atoms with E-state index in [1.165, 1.54) is 31.5 Å². The summed E-state index contributed by atoms with van der Waals surface area (Å²) in [7, 11) is 0. The Morgan fingerprint density at radius 2 is 1.65 bits per heavy atom. The summed E-state index contributed by atoms with van der Waals surface area (Å²) < 4.78 is 0. The molecule has 1 aromatic heterocycles. The Labute approximate surface area is 153 Å². The number of carbonyl (C=O) groups excluding carboxylic acids is 1. The maximum atomic E-state index is 12.4. The van der Waals surface area contributed by atoms with Crippen LogP contribution in [0, 0.1) is 0 Å². The Balaban J connectivity index is 1.35. The van der Waals surface area contributed by atoms with Crippen LogP contribution in [-0.4, -0.2) is 28.9 Å². The molecule has 0 atom stereocenters. The van der Waals surface area contributed by atoms with Crippen molar-refractivity contribution in [3.63, 3.8) is 0 Å². The van der Waals surface area contributed by atoms with Crippen LogP contribution in [0.3, 0.4) is 0 Å². The second-order valence-electron chi connectivity index (χ2n) is 6.87. The molecule has 0 unspecified atom stereocenters. The molecule has 1 fully saturated rings. The number of benzene rings is 2. The van der Waals surface area contributed by atoms with Crippen LogP contribution in [0.2, 0.25) is 0 Å². The van der Waals surface area contributed by atoms with E-state index in [1.807, 2.05) is 30.3 Å². The van der Waals surface area contributed by atoms with Crippen LogP contribution in [0.1, 0.15) is 34.5 Å². The van der Waals surface area contributed by atoms with E-state index >= 15 is 0 Å². The van der Waals surface area contributed by atoms with E-state index in [9.17, 15) is 4.79 Å². The number of hydrogen-bond acceptors (Lipinski definition) is 3. The number of para-hydroxylation sites is 1. The minimum atomic E-state index is -0.142. The number of nitrogens with zero attached hydrogens (tertiary/aromatic N) is 2. The summed E-state index contributed by atoms with van der Waals surface area (Å²) in [6, 6.07) is 20.0. The minimum absolute atomic E-state index is 0.142. The SMILES string of the molecule is O=C(NCc1ccc(CN2CCCC2)cc1)c1ccc2ccccc2n1. The smallest absolute Gasteiger partial charge is 0.270 e. The second-order valence-corrected chi connectivity index (χ2v) is 6.87. The number of likely N-dealkylation sites (tertiary alicyclic amines) is 1. The number of nitrogens with one attached hydrogen (secondary N) is 1. The average Bonchev–Trinajstić information content (AvgIpc) is 3.20. The van der Waals surface area contributed by atoms with Gasteiger partial charge < -0.3 is 5.32 Å². The van der Waals surface area contributed by atoms with Crippen LogP contribution < -0.4 is 5.32 Å². The van der Waals surface area contributed by atoms with Crippen LogP contribution in [0.5, 0.6) is 0 Å². The molecule has 4 rings (SSSR count). The topological polar surface area (TPSA) is 45.2 Å². The number of rotatable bonds is 5. The third-order valence-corrected chi connectivity index (χ3v) is 4.91. The van der Waals surface area contributed by atoms with E-state index in [0.29, 0.717) is 12.2 Å². The van der Waals surface area contributed by atoms with Crippen LogP contribution >= 0.6 is 0 Å². The Morgan fingerprint density at radius 1 is 0.923 bits per heavy atom. The zero-order chi connectivity index (χ0) is 17.8. The van der Waals surface area contributed by atoms with Crippen molar-refractivity contribution in [1.82, 2.24) is 15.2 Å². The molecule has 1 N–H and O–H groups in total. The van der Waals surface area contributed by atoms with Gasteiger partial charge in [-0.2, -0.15) is 0 Å². The molecule has 4 nitrogen and oxygen atoms in total. The van der Waals surface area contributed by atoms with E-state index in [0.717, 1.165) is 23.0 Å². The predicted octanol–water partition coefficient (Wildman–Crippen LogP) is 3.76. The summed E-state index contributed by atoms with van der Waals surface area (Å²) in [6.07, 6.45) is 2.62. The maximum absolute atomic E-state index is 12.4. The van der Waals surface area contributed by atoms with Gasteiger partial charge in [-0.1, -0.05) is 48.5 Å². The summed E-state index contributed by atoms with van der Waals surface area (Å²) in [5.74, 6) is -0.142. The number of aromatic nitrogens is 1. The number of pyridine rings is 1. The van der Waals surface area contributed by atoms with Gasteiger partial charge >= 0.3 is 0 Å². The van der Waals surface area contributed by atoms with Crippen molar-refractivity contribution < 1.29 is 4.79 Å². The Bertz CT molecular complexity index is 899. The van der Waals surface area contributed by atoms with Crippen molar-refractivity contribution >= 4 is 16.8 Å². The lowest BCUT2D eigenvalue weighted by Crippen LogP contribution is -2.23. The Hall–Kier alpha value is -2.72. The zero-order valence-electron chi connectivity index (χ0n) is 14.8. The molecule has 2 heterocycles. The van der Waals surface area contributed by atoms with Gasteiger partial charge in [-0.3, -0.25) is 9.69 Å². The van der Waals surface area contributed by atoms with Crippen LogP contribution in [0.25, 0.3) is 10.9 Å². The number of hydrogen-bond donors (Lipinski definition) is 1. The van der Waals surface area contributed by atoms with Crippen molar-refractivity contribution in [2.75, 3.05) is 13.1 Å². The lowest BCUT2D eigenvalue weighted by atomic mass is 10.1. The molecule has 2 aromatic carbocycles. The fourth-order valence-corrected chi connectivity index (χ4v) is 3.43.